The average molecular weight is 377 g/mol. The fraction of sp³-hybridized carbons (Fsp3) is 0.190. The maximum Gasteiger partial charge on any atom is 0.251 e. The summed E-state index contributed by atoms with van der Waals surface area (Å²) in [7, 11) is 0. The van der Waals surface area contributed by atoms with Gasteiger partial charge >= 0.3 is 0 Å². The normalized spacial score (nSPS) is 10.5. The van der Waals surface area contributed by atoms with Crippen molar-refractivity contribution in [3.63, 3.8) is 0 Å². The van der Waals surface area contributed by atoms with E-state index in [1.165, 1.54) is 16.8 Å². The Hall–Kier alpha value is -3.66. The molecule has 0 unspecified atom stereocenters. The van der Waals surface area contributed by atoms with E-state index in [0.29, 0.717) is 41.9 Å². The molecule has 2 aromatic carbocycles. The lowest BCUT2D eigenvalue weighted by Crippen LogP contribution is -2.25. The van der Waals surface area contributed by atoms with Crippen LogP contribution in [0.5, 0.6) is 0 Å². The number of nitrogens with one attached hydrogen (secondary N) is 1. The van der Waals surface area contributed by atoms with Crippen molar-refractivity contribution in [2.45, 2.75) is 19.8 Å². The van der Waals surface area contributed by atoms with Crippen LogP contribution >= 0.6 is 0 Å². The summed E-state index contributed by atoms with van der Waals surface area (Å²) in [5, 5.41) is 16.7. The lowest BCUT2D eigenvalue weighted by atomic mass is 10.1. The van der Waals surface area contributed by atoms with Crippen LogP contribution in [0.2, 0.25) is 0 Å². The Morgan fingerprint density at radius 3 is 2.64 bits per heavy atom. The zero-order valence-corrected chi connectivity index (χ0v) is 15.4. The molecule has 142 valence electrons. The minimum absolute atomic E-state index is 0.130. The summed E-state index contributed by atoms with van der Waals surface area (Å²) in [4.78, 5) is 12.2. The van der Waals surface area contributed by atoms with Gasteiger partial charge in [0, 0.05) is 12.1 Å². The Morgan fingerprint density at radius 1 is 1.25 bits per heavy atom. The third-order valence-electron chi connectivity index (χ3n) is 4.44. The summed E-state index contributed by atoms with van der Waals surface area (Å²) in [6.07, 6.45) is 1.08. The SMILES string of the molecule is Cc1ccccc1C(=O)NCCCc1nn(-c2ccc(F)cc2)c(N)c1C#N. The van der Waals surface area contributed by atoms with Crippen LogP contribution in [0.4, 0.5) is 10.2 Å². The number of aromatic nitrogens is 2. The molecule has 0 atom stereocenters. The molecule has 0 bridgehead atoms. The van der Waals surface area contributed by atoms with E-state index >= 15 is 0 Å². The van der Waals surface area contributed by atoms with Crippen molar-refractivity contribution >= 4 is 11.7 Å². The van der Waals surface area contributed by atoms with Crippen molar-refractivity contribution in [3.05, 3.63) is 76.7 Å². The van der Waals surface area contributed by atoms with Crippen molar-refractivity contribution in [2.75, 3.05) is 12.3 Å². The van der Waals surface area contributed by atoms with E-state index < -0.39 is 0 Å². The second kappa shape index (κ2) is 8.35. The minimum atomic E-state index is -0.361. The molecule has 28 heavy (non-hydrogen) atoms. The average Bonchev–Trinajstić information content (AvgIpc) is 3.01. The van der Waals surface area contributed by atoms with Gasteiger partial charge in [-0.2, -0.15) is 10.4 Å². The molecule has 0 aliphatic rings. The Morgan fingerprint density at radius 2 is 1.96 bits per heavy atom. The molecule has 0 spiro atoms. The van der Waals surface area contributed by atoms with E-state index in [2.05, 4.69) is 16.5 Å². The third-order valence-corrected chi connectivity index (χ3v) is 4.44. The van der Waals surface area contributed by atoms with Gasteiger partial charge in [-0.1, -0.05) is 18.2 Å². The molecule has 1 aromatic heterocycles. The smallest absolute Gasteiger partial charge is 0.251 e. The fourth-order valence-corrected chi connectivity index (χ4v) is 2.93. The van der Waals surface area contributed by atoms with E-state index in [0.717, 1.165) is 5.56 Å². The van der Waals surface area contributed by atoms with Crippen molar-refractivity contribution in [1.29, 1.82) is 5.26 Å². The van der Waals surface area contributed by atoms with Gasteiger partial charge in [0.1, 0.15) is 23.3 Å². The molecule has 0 aliphatic carbocycles. The van der Waals surface area contributed by atoms with Crippen LogP contribution in [0.3, 0.4) is 0 Å². The predicted molar refractivity (Wildman–Crippen MR) is 104 cm³/mol. The first-order valence-corrected chi connectivity index (χ1v) is 8.88. The molecule has 1 amide bonds. The highest BCUT2D eigenvalue weighted by Gasteiger charge is 2.16. The van der Waals surface area contributed by atoms with Gasteiger partial charge in [-0.3, -0.25) is 4.79 Å². The standard InChI is InChI=1S/C21H20FN5O/c1-14-5-2-3-6-17(14)21(28)25-12-4-7-19-18(13-23)20(24)27(26-19)16-10-8-15(22)9-11-16/h2-3,5-6,8-11H,4,7,12,24H2,1H3,(H,25,28). The third kappa shape index (κ3) is 4.01. The number of rotatable bonds is 6. The molecule has 7 heteroatoms. The van der Waals surface area contributed by atoms with Crippen molar-refractivity contribution in [1.82, 2.24) is 15.1 Å². The number of carbonyl (C=O) groups is 1. The largest absolute Gasteiger partial charge is 0.382 e. The van der Waals surface area contributed by atoms with Gasteiger partial charge in [-0.25, -0.2) is 9.07 Å². The van der Waals surface area contributed by atoms with Crippen LogP contribution in [-0.4, -0.2) is 22.2 Å². The summed E-state index contributed by atoms with van der Waals surface area (Å²) >= 11 is 0. The number of benzene rings is 2. The molecular weight excluding hydrogens is 357 g/mol. The zero-order chi connectivity index (χ0) is 20.1. The van der Waals surface area contributed by atoms with Crippen molar-refractivity contribution < 1.29 is 9.18 Å². The van der Waals surface area contributed by atoms with Crippen LogP contribution < -0.4 is 11.1 Å². The Balaban J connectivity index is 1.65. The fourth-order valence-electron chi connectivity index (χ4n) is 2.93. The molecule has 1 heterocycles. The lowest BCUT2D eigenvalue weighted by Gasteiger charge is -2.07. The lowest BCUT2D eigenvalue weighted by molar-refractivity contribution is 0.0952. The predicted octanol–water partition coefficient (Wildman–Crippen LogP) is 3.14. The van der Waals surface area contributed by atoms with E-state index in [1.807, 2.05) is 25.1 Å². The van der Waals surface area contributed by atoms with Gasteiger partial charge in [-0.05, 0) is 55.7 Å². The number of nitriles is 1. The van der Waals surface area contributed by atoms with E-state index in [1.54, 1.807) is 18.2 Å². The van der Waals surface area contributed by atoms with Crippen LogP contribution in [0, 0.1) is 24.1 Å². The minimum Gasteiger partial charge on any atom is -0.382 e. The number of nitrogens with two attached hydrogens (primary N) is 1. The van der Waals surface area contributed by atoms with Crippen LogP contribution in [-0.2, 0) is 6.42 Å². The number of hydrogen-bond acceptors (Lipinski definition) is 4. The Labute approximate surface area is 162 Å². The molecular formula is C21H20FN5O. The van der Waals surface area contributed by atoms with E-state index in [4.69, 9.17) is 5.73 Å². The van der Waals surface area contributed by atoms with Gasteiger partial charge in [-0.15, -0.1) is 0 Å². The van der Waals surface area contributed by atoms with Crippen LogP contribution in [0.15, 0.2) is 48.5 Å². The summed E-state index contributed by atoms with van der Waals surface area (Å²) in [6.45, 7) is 2.33. The maximum atomic E-state index is 13.1. The molecule has 0 aliphatic heterocycles. The van der Waals surface area contributed by atoms with Crippen LogP contribution in [0.25, 0.3) is 5.69 Å². The highest BCUT2D eigenvalue weighted by atomic mass is 19.1. The first kappa shape index (κ1) is 19.1. The molecule has 3 N–H and O–H groups in total. The topological polar surface area (TPSA) is 96.7 Å². The van der Waals surface area contributed by atoms with Gasteiger partial charge in [0.05, 0.1) is 11.4 Å². The molecule has 0 saturated carbocycles. The highest BCUT2D eigenvalue weighted by Crippen LogP contribution is 2.21. The number of halogens is 1. The number of aryl methyl sites for hydroxylation is 2. The number of nitrogens with zero attached hydrogens (tertiary/aromatic N) is 3. The summed E-state index contributed by atoms with van der Waals surface area (Å²) in [6, 6.07) is 15.2. The van der Waals surface area contributed by atoms with Crippen LogP contribution in [0.1, 0.15) is 33.6 Å². The van der Waals surface area contributed by atoms with E-state index in [-0.39, 0.29) is 17.5 Å². The molecule has 0 fully saturated rings. The summed E-state index contributed by atoms with van der Waals surface area (Å²) in [5.41, 5.74) is 9.03. The molecule has 6 nitrogen and oxygen atoms in total. The number of carbonyl (C=O) groups excluding carboxylic acids is 1. The van der Waals surface area contributed by atoms with Gasteiger partial charge in [0.25, 0.3) is 5.91 Å². The van der Waals surface area contributed by atoms with Crippen molar-refractivity contribution in [2.24, 2.45) is 0 Å². The number of anilines is 1. The summed E-state index contributed by atoms with van der Waals surface area (Å²) < 4.78 is 14.6. The maximum absolute atomic E-state index is 13.1. The van der Waals surface area contributed by atoms with E-state index in [9.17, 15) is 14.4 Å². The first-order chi connectivity index (χ1) is 13.5. The van der Waals surface area contributed by atoms with Gasteiger partial charge in [0.2, 0.25) is 0 Å². The monoisotopic (exact) mass is 377 g/mol. The quantitative estimate of drug-likeness (QED) is 0.645. The molecule has 3 aromatic rings. The molecule has 0 radical (unpaired) electrons. The van der Waals surface area contributed by atoms with Crippen molar-refractivity contribution in [3.8, 4) is 11.8 Å². The zero-order valence-electron chi connectivity index (χ0n) is 15.4. The second-order valence-corrected chi connectivity index (χ2v) is 6.38. The van der Waals surface area contributed by atoms with Gasteiger partial charge in [0.15, 0.2) is 0 Å². The number of amides is 1. The molecule has 0 saturated heterocycles. The second-order valence-electron chi connectivity index (χ2n) is 6.38. The highest BCUT2D eigenvalue weighted by molar-refractivity contribution is 5.95. The first-order valence-electron chi connectivity index (χ1n) is 8.88. The Bertz CT molecular complexity index is 1030. The number of nitrogen functional groups attached to an aromatic ring is 1. The number of hydrogen-bond donors (Lipinski definition) is 2. The summed E-state index contributed by atoms with van der Waals surface area (Å²) in [5.74, 6) is -0.275. The molecule has 3 rings (SSSR count). The van der Waals surface area contributed by atoms with Gasteiger partial charge < -0.3 is 11.1 Å². The Kier molecular flexibility index (Phi) is 5.70.